The van der Waals surface area contributed by atoms with E-state index in [1.165, 1.54) is 6.07 Å². The third kappa shape index (κ3) is 6.56. The van der Waals surface area contributed by atoms with E-state index < -0.39 is 5.91 Å². The quantitative estimate of drug-likeness (QED) is 0.329. The van der Waals surface area contributed by atoms with Crippen LogP contribution in [0.4, 0.5) is 11.4 Å². The van der Waals surface area contributed by atoms with Gasteiger partial charge in [-0.15, -0.1) is 0 Å². The van der Waals surface area contributed by atoms with Crippen LogP contribution in [0, 0.1) is 0 Å². The van der Waals surface area contributed by atoms with E-state index in [0.29, 0.717) is 39.2 Å². The molecule has 0 atom stereocenters. The first-order chi connectivity index (χ1) is 15.4. The molecule has 0 bridgehead atoms. The number of amides is 2. The summed E-state index contributed by atoms with van der Waals surface area (Å²) >= 11 is 17.4. The topological polar surface area (TPSA) is 83.4 Å². The lowest BCUT2D eigenvalue weighted by Gasteiger charge is -2.11. The van der Waals surface area contributed by atoms with Crippen molar-refractivity contribution < 1.29 is 14.0 Å². The average molecular weight is 490 g/mol. The highest BCUT2D eigenvalue weighted by atomic mass is 35.5. The molecule has 0 saturated heterocycles. The monoisotopic (exact) mass is 489 g/mol. The van der Waals surface area contributed by atoms with E-state index in [1.807, 2.05) is 6.92 Å². The second-order valence-electron chi connectivity index (χ2n) is 6.93. The number of rotatable bonds is 7. The minimum atomic E-state index is -0.518. The lowest BCUT2D eigenvalue weighted by molar-refractivity contribution is -0.116. The molecular weight excluding hydrogens is 469 g/mol. The Morgan fingerprint density at radius 3 is 2.50 bits per heavy atom. The maximum Gasteiger partial charge on any atom is 0.293 e. The van der Waals surface area contributed by atoms with Crippen molar-refractivity contribution in [1.29, 1.82) is 0 Å². The van der Waals surface area contributed by atoms with E-state index in [9.17, 15) is 9.59 Å². The van der Waals surface area contributed by atoms with Crippen molar-refractivity contribution in [1.82, 2.24) is 5.32 Å². The van der Waals surface area contributed by atoms with E-state index in [-0.39, 0.29) is 16.8 Å². The Morgan fingerprint density at radius 1 is 1.00 bits per heavy atom. The minimum Gasteiger partial charge on any atom is -0.451 e. The molecule has 6 nitrogen and oxygen atoms in total. The molecular formula is C23H21Cl2N3O3S. The van der Waals surface area contributed by atoms with Crippen LogP contribution < -0.4 is 16.0 Å². The van der Waals surface area contributed by atoms with Crippen LogP contribution in [0.1, 0.15) is 36.7 Å². The van der Waals surface area contributed by atoms with Gasteiger partial charge in [-0.2, -0.15) is 0 Å². The van der Waals surface area contributed by atoms with Gasteiger partial charge in [0.2, 0.25) is 5.91 Å². The molecule has 0 aliphatic carbocycles. The zero-order chi connectivity index (χ0) is 23.1. The highest BCUT2D eigenvalue weighted by Gasteiger charge is 2.15. The molecule has 0 aliphatic heterocycles. The van der Waals surface area contributed by atoms with Crippen LogP contribution in [-0.4, -0.2) is 16.9 Å². The van der Waals surface area contributed by atoms with Crippen LogP contribution in [0.15, 0.2) is 59.0 Å². The first-order valence-corrected chi connectivity index (χ1v) is 11.1. The SMILES string of the molecule is CCCCC(=O)Nc1cccc(NC(=S)NC(=O)c2ccc(-c3cc(Cl)ccc3Cl)o2)c1. The van der Waals surface area contributed by atoms with Gasteiger partial charge in [-0.3, -0.25) is 14.9 Å². The lowest BCUT2D eigenvalue weighted by atomic mass is 10.2. The van der Waals surface area contributed by atoms with Crippen LogP contribution >= 0.6 is 35.4 Å². The van der Waals surface area contributed by atoms with Gasteiger partial charge in [0.15, 0.2) is 10.9 Å². The van der Waals surface area contributed by atoms with Gasteiger partial charge in [0.25, 0.3) is 5.91 Å². The third-order valence-corrected chi connectivity index (χ3v) is 5.18. The highest BCUT2D eigenvalue weighted by molar-refractivity contribution is 7.80. The fourth-order valence-corrected chi connectivity index (χ4v) is 3.45. The maximum atomic E-state index is 12.5. The molecule has 0 saturated carbocycles. The van der Waals surface area contributed by atoms with Gasteiger partial charge < -0.3 is 15.1 Å². The Morgan fingerprint density at radius 2 is 1.75 bits per heavy atom. The molecule has 1 heterocycles. The smallest absolute Gasteiger partial charge is 0.293 e. The molecule has 0 radical (unpaired) electrons. The summed E-state index contributed by atoms with van der Waals surface area (Å²) in [6, 6.07) is 15.2. The average Bonchev–Trinajstić information content (AvgIpc) is 3.24. The molecule has 166 valence electrons. The first-order valence-electron chi connectivity index (χ1n) is 9.93. The summed E-state index contributed by atoms with van der Waals surface area (Å²) < 4.78 is 5.62. The number of hydrogen-bond donors (Lipinski definition) is 3. The number of carbonyl (C=O) groups excluding carboxylic acids is 2. The second-order valence-corrected chi connectivity index (χ2v) is 8.18. The molecule has 0 aliphatic rings. The summed E-state index contributed by atoms with van der Waals surface area (Å²) in [5, 5.41) is 9.37. The number of carbonyl (C=O) groups is 2. The zero-order valence-electron chi connectivity index (χ0n) is 17.2. The summed E-state index contributed by atoms with van der Waals surface area (Å²) in [5.74, 6) is -0.0885. The van der Waals surface area contributed by atoms with Crippen molar-refractivity contribution in [3.8, 4) is 11.3 Å². The van der Waals surface area contributed by atoms with Crippen molar-refractivity contribution in [3.63, 3.8) is 0 Å². The lowest BCUT2D eigenvalue weighted by Crippen LogP contribution is -2.33. The molecule has 3 aromatic rings. The van der Waals surface area contributed by atoms with Gasteiger partial charge in [0, 0.05) is 28.4 Å². The molecule has 0 unspecified atom stereocenters. The normalized spacial score (nSPS) is 10.5. The molecule has 2 aromatic carbocycles. The number of anilines is 2. The number of unbranched alkanes of at least 4 members (excludes halogenated alkanes) is 1. The van der Waals surface area contributed by atoms with Crippen LogP contribution in [0.25, 0.3) is 11.3 Å². The van der Waals surface area contributed by atoms with Gasteiger partial charge >= 0.3 is 0 Å². The predicted octanol–water partition coefficient (Wildman–Crippen LogP) is 6.51. The first kappa shape index (κ1) is 23.8. The Balaban J connectivity index is 1.60. The molecule has 32 heavy (non-hydrogen) atoms. The van der Waals surface area contributed by atoms with Crippen molar-refractivity contribution in [2.45, 2.75) is 26.2 Å². The van der Waals surface area contributed by atoms with Gasteiger partial charge in [0.05, 0.1) is 5.02 Å². The standard InChI is InChI=1S/C23H21Cl2N3O3S/c1-2-3-7-21(29)26-15-5-4-6-16(13-15)27-23(32)28-22(30)20-11-10-19(31-20)17-12-14(24)8-9-18(17)25/h4-6,8-13H,2-3,7H2,1H3,(H,26,29)(H2,27,28,30,32). The number of halogens is 2. The molecule has 3 N–H and O–H groups in total. The predicted molar refractivity (Wildman–Crippen MR) is 132 cm³/mol. The molecule has 3 rings (SSSR count). The fourth-order valence-electron chi connectivity index (χ4n) is 2.85. The van der Waals surface area contributed by atoms with E-state index in [4.69, 9.17) is 39.8 Å². The Kier molecular flexibility index (Phi) is 8.27. The van der Waals surface area contributed by atoms with E-state index in [2.05, 4.69) is 16.0 Å². The van der Waals surface area contributed by atoms with Crippen LogP contribution in [0.5, 0.6) is 0 Å². The number of thiocarbonyl (C=S) groups is 1. The second kappa shape index (κ2) is 11.1. The Labute approximate surface area is 201 Å². The molecule has 1 aromatic heterocycles. The largest absolute Gasteiger partial charge is 0.451 e. The van der Waals surface area contributed by atoms with Crippen LogP contribution in [0.3, 0.4) is 0 Å². The number of benzene rings is 2. The van der Waals surface area contributed by atoms with Gasteiger partial charge in [-0.05, 0) is 67.2 Å². The highest BCUT2D eigenvalue weighted by Crippen LogP contribution is 2.31. The molecule has 0 fully saturated rings. The summed E-state index contributed by atoms with van der Waals surface area (Å²) in [6.45, 7) is 2.03. The number of furan rings is 1. The van der Waals surface area contributed by atoms with Crippen molar-refractivity contribution in [3.05, 3.63) is 70.4 Å². The van der Waals surface area contributed by atoms with Crippen molar-refractivity contribution >= 4 is 63.7 Å². The summed E-state index contributed by atoms with van der Waals surface area (Å²) in [7, 11) is 0. The molecule has 9 heteroatoms. The van der Waals surface area contributed by atoms with E-state index in [0.717, 1.165) is 12.8 Å². The molecule has 0 spiro atoms. The number of nitrogens with one attached hydrogen (secondary N) is 3. The minimum absolute atomic E-state index is 0.0479. The van der Waals surface area contributed by atoms with E-state index >= 15 is 0 Å². The van der Waals surface area contributed by atoms with Crippen molar-refractivity contribution in [2.24, 2.45) is 0 Å². The summed E-state index contributed by atoms with van der Waals surface area (Å²) in [4.78, 5) is 24.4. The summed E-state index contributed by atoms with van der Waals surface area (Å²) in [5.41, 5.74) is 1.84. The molecule has 2 amide bonds. The van der Waals surface area contributed by atoms with Gasteiger partial charge in [0.1, 0.15) is 5.76 Å². The Hall–Kier alpha value is -2.87. The van der Waals surface area contributed by atoms with Crippen molar-refractivity contribution in [2.75, 3.05) is 10.6 Å². The number of hydrogen-bond acceptors (Lipinski definition) is 4. The van der Waals surface area contributed by atoms with Gasteiger partial charge in [-0.25, -0.2) is 0 Å². The zero-order valence-corrected chi connectivity index (χ0v) is 19.5. The summed E-state index contributed by atoms with van der Waals surface area (Å²) in [6.07, 6.45) is 2.25. The van der Waals surface area contributed by atoms with Crippen LogP contribution in [0.2, 0.25) is 10.0 Å². The Bertz CT molecular complexity index is 1150. The van der Waals surface area contributed by atoms with Gasteiger partial charge in [-0.1, -0.05) is 42.6 Å². The third-order valence-electron chi connectivity index (χ3n) is 4.41. The van der Waals surface area contributed by atoms with Crippen LogP contribution in [-0.2, 0) is 4.79 Å². The van der Waals surface area contributed by atoms with E-state index in [1.54, 1.807) is 48.5 Å². The maximum absolute atomic E-state index is 12.5. The fraction of sp³-hybridized carbons (Fsp3) is 0.174.